The molecule has 1 aliphatic rings. The van der Waals surface area contributed by atoms with E-state index in [0.717, 1.165) is 34.5 Å². The van der Waals surface area contributed by atoms with Gasteiger partial charge in [0.05, 0.1) is 6.61 Å². The van der Waals surface area contributed by atoms with Crippen molar-refractivity contribution in [3.63, 3.8) is 0 Å². The molecule has 108 valence electrons. The van der Waals surface area contributed by atoms with E-state index in [-0.39, 0.29) is 0 Å². The molecule has 0 fully saturated rings. The summed E-state index contributed by atoms with van der Waals surface area (Å²) in [5, 5.41) is 0. The van der Waals surface area contributed by atoms with Gasteiger partial charge < -0.3 is 15.4 Å². The number of carbonyl (C=O) groups is 1. The molecule has 0 saturated carbocycles. The van der Waals surface area contributed by atoms with Crippen molar-refractivity contribution in [3.8, 4) is 16.9 Å². The molecule has 1 aliphatic heterocycles. The highest BCUT2D eigenvalue weighted by molar-refractivity contribution is 6.01. The number of nitrogens with two attached hydrogens (primary N) is 1. The summed E-state index contributed by atoms with van der Waals surface area (Å²) >= 11 is 0. The highest BCUT2D eigenvalue weighted by atomic mass is 16.5. The average molecular weight is 282 g/mol. The summed E-state index contributed by atoms with van der Waals surface area (Å²) in [5.74, 6) is 0.491. The zero-order chi connectivity index (χ0) is 15.0. The highest BCUT2D eigenvalue weighted by Crippen LogP contribution is 2.37. The topological polar surface area (TPSA) is 55.6 Å². The van der Waals surface area contributed by atoms with Gasteiger partial charge in [-0.05, 0) is 35.4 Å². The fourth-order valence-corrected chi connectivity index (χ4v) is 2.72. The zero-order valence-electron chi connectivity index (χ0n) is 12.2. The number of ether oxygens (including phenoxy) is 1. The summed E-state index contributed by atoms with van der Waals surface area (Å²) in [7, 11) is 3.95. The van der Waals surface area contributed by atoms with Crippen LogP contribution in [0.1, 0.15) is 15.9 Å². The molecular weight excluding hydrogens is 264 g/mol. The van der Waals surface area contributed by atoms with Crippen molar-refractivity contribution in [3.05, 3.63) is 47.5 Å². The summed E-state index contributed by atoms with van der Waals surface area (Å²) in [6, 6.07) is 11.6. The van der Waals surface area contributed by atoms with Crippen LogP contribution in [0.4, 0.5) is 5.69 Å². The lowest BCUT2D eigenvalue weighted by atomic mass is 9.93. The van der Waals surface area contributed by atoms with E-state index in [1.807, 2.05) is 49.3 Å². The minimum absolute atomic E-state index is 0.410. The smallest absolute Gasteiger partial charge is 0.249 e. The maximum Gasteiger partial charge on any atom is 0.249 e. The summed E-state index contributed by atoms with van der Waals surface area (Å²) in [6.45, 7) is 0.686. The lowest BCUT2D eigenvalue weighted by Gasteiger charge is -2.17. The predicted molar refractivity (Wildman–Crippen MR) is 83.9 cm³/mol. The highest BCUT2D eigenvalue weighted by Gasteiger charge is 2.20. The van der Waals surface area contributed by atoms with Gasteiger partial charge in [0, 0.05) is 37.3 Å². The van der Waals surface area contributed by atoms with Crippen LogP contribution in [0.3, 0.4) is 0 Å². The van der Waals surface area contributed by atoms with Gasteiger partial charge in [0.15, 0.2) is 0 Å². The largest absolute Gasteiger partial charge is 0.493 e. The lowest BCUT2D eigenvalue weighted by molar-refractivity contribution is 0.100. The van der Waals surface area contributed by atoms with Crippen molar-refractivity contribution in [2.24, 2.45) is 5.73 Å². The molecule has 4 nitrogen and oxygen atoms in total. The van der Waals surface area contributed by atoms with E-state index in [4.69, 9.17) is 10.5 Å². The fourth-order valence-electron chi connectivity index (χ4n) is 2.72. The Morgan fingerprint density at radius 3 is 2.71 bits per heavy atom. The van der Waals surface area contributed by atoms with Crippen molar-refractivity contribution in [1.82, 2.24) is 0 Å². The molecule has 3 rings (SSSR count). The van der Waals surface area contributed by atoms with Gasteiger partial charge in [0.1, 0.15) is 5.75 Å². The number of anilines is 1. The molecule has 0 aromatic heterocycles. The Bertz CT molecular complexity index is 708. The normalized spacial score (nSPS) is 12.7. The summed E-state index contributed by atoms with van der Waals surface area (Å²) in [6.07, 6.45) is 0.857. The number of carbonyl (C=O) groups excluding carboxylic acids is 1. The van der Waals surface area contributed by atoms with Crippen LogP contribution in [0, 0.1) is 0 Å². The Labute approximate surface area is 124 Å². The first-order valence-corrected chi connectivity index (χ1v) is 6.94. The summed E-state index contributed by atoms with van der Waals surface area (Å²) in [4.78, 5) is 13.8. The molecule has 0 bridgehead atoms. The van der Waals surface area contributed by atoms with Gasteiger partial charge in [-0.3, -0.25) is 4.79 Å². The van der Waals surface area contributed by atoms with Crippen LogP contribution in [0.15, 0.2) is 36.4 Å². The summed E-state index contributed by atoms with van der Waals surface area (Å²) < 4.78 is 5.61. The Morgan fingerprint density at radius 1 is 1.19 bits per heavy atom. The molecule has 1 amide bonds. The minimum atomic E-state index is -0.410. The van der Waals surface area contributed by atoms with Crippen LogP contribution in [0.2, 0.25) is 0 Å². The van der Waals surface area contributed by atoms with E-state index in [2.05, 4.69) is 0 Å². The second kappa shape index (κ2) is 5.13. The Balaban J connectivity index is 2.23. The molecule has 0 unspecified atom stereocenters. The second-order valence-electron chi connectivity index (χ2n) is 5.37. The zero-order valence-corrected chi connectivity index (χ0v) is 12.2. The maximum atomic E-state index is 11.8. The SMILES string of the molecule is CN(C)c1ccc(C(N)=O)c(-c2cccc3c2CCO3)c1. The van der Waals surface area contributed by atoms with Crippen LogP contribution >= 0.6 is 0 Å². The molecule has 2 aromatic carbocycles. The third kappa shape index (κ3) is 2.33. The number of primary amides is 1. The minimum Gasteiger partial charge on any atom is -0.493 e. The van der Waals surface area contributed by atoms with Gasteiger partial charge in [0.25, 0.3) is 0 Å². The van der Waals surface area contributed by atoms with Crippen LogP contribution in [-0.2, 0) is 6.42 Å². The van der Waals surface area contributed by atoms with E-state index in [9.17, 15) is 4.79 Å². The number of amides is 1. The maximum absolute atomic E-state index is 11.8. The molecule has 0 aliphatic carbocycles. The Hall–Kier alpha value is -2.49. The van der Waals surface area contributed by atoms with Crippen molar-refractivity contribution in [1.29, 1.82) is 0 Å². The van der Waals surface area contributed by atoms with Gasteiger partial charge >= 0.3 is 0 Å². The molecule has 0 radical (unpaired) electrons. The number of benzene rings is 2. The molecule has 0 saturated heterocycles. The van der Waals surface area contributed by atoms with Crippen LogP contribution in [-0.4, -0.2) is 26.6 Å². The van der Waals surface area contributed by atoms with E-state index in [1.165, 1.54) is 0 Å². The average Bonchev–Trinajstić information content (AvgIpc) is 2.94. The van der Waals surface area contributed by atoms with Gasteiger partial charge in [0.2, 0.25) is 5.91 Å². The van der Waals surface area contributed by atoms with Crippen molar-refractivity contribution in [2.45, 2.75) is 6.42 Å². The first kappa shape index (κ1) is 13.5. The van der Waals surface area contributed by atoms with Gasteiger partial charge in [-0.1, -0.05) is 12.1 Å². The third-order valence-electron chi connectivity index (χ3n) is 3.82. The standard InChI is InChI=1S/C17H18N2O2/c1-19(2)11-6-7-14(17(18)20)15(10-11)12-4-3-5-16-13(12)8-9-21-16/h3-7,10H,8-9H2,1-2H3,(H2,18,20). The molecule has 1 heterocycles. The van der Waals surface area contributed by atoms with Gasteiger partial charge in [-0.2, -0.15) is 0 Å². The number of fused-ring (bicyclic) bond motifs is 1. The first-order chi connectivity index (χ1) is 10.1. The lowest BCUT2D eigenvalue weighted by Crippen LogP contribution is -2.14. The quantitative estimate of drug-likeness (QED) is 0.940. The molecule has 4 heteroatoms. The second-order valence-corrected chi connectivity index (χ2v) is 5.37. The summed E-state index contributed by atoms with van der Waals surface area (Å²) in [5.41, 5.74) is 10.2. The molecule has 2 N–H and O–H groups in total. The van der Waals surface area contributed by atoms with E-state index in [1.54, 1.807) is 6.07 Å². The fraction of sp³-hybridized carbons (Fsp3) is 0.235. The first-order valence-electron chi connectivity index (χ1n) is 6.94. The molecular formula is C17H18N2O2. The van der Waals surface area contributed by atoms with Crippen molar-refractivity contribution >= 4 is 11.6 Å². The van der Waals surface area contributed by atoms with Crippen LogP contribution in [0.25, 0.3) is 11.1 Å². The van der Waals surface area contributed by atoms with Crippen LogP contribution in [0.5, 0.6) is 5.75 Å². The Kier molecular flexibility index (Phi) is 3.29. The number of rotatable bonds is 3. The van der Waals surface area contributed by atoms with Crippen molar-refractivity contribution in [2.75, 3.05) is 25.6 Å². The van der Waals surface area contributed by atoms with E-state index < -0.39 is 5.91 Å². The third-order valence-corrected chi connectivity index (χ3v) is 3.82. The molecule has 2 aromatic rings. The predicted octanol–water partition coefficient (Wildman–Crippen LogP) is 2.45. The number of hydrogen-bond donors (Lipinski definition) is 1. The monoisotopic (exact) mass is 282 g/mol. The number of nitrogens with zero attached hydrogens (tertiary/aromatic N) is 1. The van der Waals surface area contributed by atoms with E-state index in [0.29, 0.717) is 12.2 Å². The van der Waals surface area contributed by atoms with Gasteiger partial charge in [-0.25, -0.2) is 0 Å². The van der Waals surface area contributed by atoms with E-state index >= 15 is 0 Å². The van der Waals surface area contributed by atoms with Crippen LogP contribution < -0.4 is 15.4 Å². The number of hydrogen-bond acceptors (Lipinski definition) is 3. The van der Waals surface area contributed by atoms with Gasteiger partial charge in [-0.15, -0.1) is 0 Å². The Morgan fingerprint density at radius 2 is 2.00 bits per heavy atom. The molecule has 0 atom stereocenters. The van der Waals surface area contributed by atoms with Crippen molar-refractivity contribution < 1.29 is 9.53 Å². The molecule has 0 spiro atoms. The molecule has 21 heavy (non-hydrogen) atoms.